The van der Waals surface area contributed by atoms with E-state index in [9.17, 15) is 9.59 Å². The number of rotatable bonds is 5. The van der Waals surface area contributed by atoms with Crippen LogP contribution in [0.3, 0.4) is 0 Å². The van der Waals surface area contributed by atoms with E-state index in [0.29, 0.717) is 42.4 Å². The minimum absolute atomic E-state index is 0.00207. The topological polar surface area (TPSA) is 89.3 Å². The van der Waals surface area contributed by atoms with Gasteiger partial charge in [0.1, 0.15) is 12.1 Å². The van der Waals surface area contributed by atoms with Crippen molar-refractivity contribution in [2.75, 3.05) is 51.9 Å². The maximum Gasteiger partial charge on any atom is 0.255 e. The number of anilines is 2. The van der Waals surface area contributed by atoms with Crippen molar-refractivity contribution in [3.05, 3.63) is 41.6 Å². The number of pyridine rings is 2. The number of fused-ring (bicyclic) bond motifs is 1. The largest absolute Gasteiger partial charge is 0.488 e. The van der Waals surface area contributed by atoms with Gasteiger partial charge in [-0.1, -0.05) is 6.92 Å². The molecule has 0 spiro atoms. The lowest BCUT2D eigenvalue weighted by atomic mass is 10.1. The summed E-state index contributed by atoms with van der Waals surface area (Å²) in [7, 11) is 3.24. The number of carbonyl (C=O) groups excluding carboxylic acids is 2. The number of hydrogen-bond donors (Lipinski definition) is 0. The number of amides is 1. The van der Waals surface area contributed by atoms with Crippen LogP contribution in [0.5, 0.6) is 5.75 Å². The fourth-order valence-corrected chi connectivity index (χ4v) is 4.31. The summed E-state index contributed by atoms with van der Waals surface area (Å²) >= 11 is 0. The molecule has 0 bridgehead atoms. The summed E-state index contributed by atoms with van der Waals surface area (Å²) in [5, 5.41) is 0. The van der Waals surface area contributed by atoms with Crippen LogP contribution in [0, 0.1) is 5.92 Å². The lowest BCUT2D eigenvalue weighted by molar-refractivity contribution is 0.0720. The van der Waals surface area contributed by atoms with Gasteiger partial charge >= 0.3 is 0 Å². The second kappa shape index (κ2) is 10.2. The molecule has 1 fully saturated rings. The third kappa shape index (κ3) is 4.78. The molecule has 1 atom stereocenters. The van der Waals surface area contributed by atoms with Crippen LogP contribution in [-0.2, 0) is 4.74 Å². The fraction of sp³-hybridized carbons (Fsp3) is 0.500. The molecular formula is C24H31N5O4. The van der Waals surface area contributed by atoms with Gasteiger partial charge in [0, 0.05) is 51.4 Å². The minimum atomic E-state index is -0.284. The quantitative estimate of drug-likeness (QED) is 0.691. The fourth-order valence-electron chi connectivity index (χ4n) is 4.31. The Kier molecular flexibility index (Phi) is 7.08. The number of piperidine rings is 1. The highest BCUT2D eigenvalue weighted by atomic mass is 16.5. The van der Waals surface area contributed by atoms with E-state index in [4.69, 9.17) is 9.47 Å². The van der Waals surface area contributed by atoms with Gasteiger partial charge in [-0.25, -0.2) is 4.98 Å². The molecule has 4 rings (SSSR count). The standard InChI is InChI=1S/C24H31N5O4/c1-17(16-32-3)23(30)29-10-7-19(14-21(29)25-2)28-11-12-33-20-13-18(15-26-22(20)28)24(31)27-8-5-4-6-9-27/h7,10,13-15,17H,4-6,8-9,11-12,16H2,1-3H3/b25-21-. The number of nitrogens with zero attached hydrogens (tertiary/aromatic N) is 5. The van der Waals surface area contributed by atoms with Gasteiger partial charge in [-0.3, -0.25) is 19.1 Å². The lowest BCUT2D eigenvalue weighted by Gasteiger charge is -2.31. The van der Waals surface area contributed by atoms with Crippen molar-refractivity contribution in [3.63, 3.8) is 0 Å². The average molecular weight is 454 g/mol. The van der Waals surface area contributed by atoms with E-state index in [-0.39, 0.29) is 17.7 Å². The highest BCUT2D eigenvalue weighted by Crippen LogP contribution is 2.35. The molecule has 1 saturated heterocycles. The number of methoxy groups -OCH3 is 1. The first-order chi connectivity index (χ1) is 16.0. The monoisotopic (exact) mass is 453 g/mol. The Balaban J connectivity index is 1.61. The predicted octanol–water partition coefficient (Wildman–Crippen LogP) is 2.49. The van der Waals surface area contributed by atoms with Gasteiger partial charge in [0.05, 0.1) is 24.6 Å². The van der Waals surface area contributed by atoms with E-state index in [1.54, 1.807) is 37.2 Å². The third-order valence-electron chi connectivity index (χ3n) is 6.09. The molecule has 0 radical (unpaired) electrons. The highest BCUT2D eigenvalue weighted by molar-refractivity contribution is 5.95. The van der Waals surface area contributed by atoms with Crippen molar-refractivity contribution in [3.8, 4) is 5.75 Å². The maximum absolute atomic E-state index is 12.9. The molecule has 2 aliphatic heterocycles. The molecule has 9 heteroatoms. The van der Waals surface area contributed by atoms with Gasteiger partial charge in [0.2, 0.25) is 5.91 Å². The van der Waals surface area contributed by atoms with Crippen molar-refractivity contribution in [1.29, 1.82) is 0 Å². The molecule has 1 unspecified atom stereocenters. The predicted molar refractivity (Wildman–Crippen MR) is 124 cm³/mol. The highest BCUT2D eigenvalue weighted by Gasteiger charge is 2.25. The van der Waals surface area contributed by atoms with Gasteiger partial charge in [0.15, 0.2) is 11.6 Å². The van der Waals surface area contributed by atoms with Crippen molar-refractivity contribution in [2.24, 2.45) is 10.9 Å². The van der Waals surface area contributed by atoms with Crippen LogP contribution in [0.25, 0.3) is 0 Å². The van der Waals surface area contributed by atoms with E-state index in [1.165, 1.54) is 6.42 Å². The van der Waals surface area contributed by atoms with Crippen LogP contribution in [0.1, 0.15) is 41.3 Å². The Morgan fingerprint density at radius 1 is 1.21 bits per heavy atom. The molecule has 2 aliphatic rings. The Bertz CT molecular complexity index is 1090. The van der Waals surface area contributed by atoms with Crippen molar-refractivity contribution in [2.45, 2.75) is 26.2 Å². The number of aromatic nitrogens is 2. The van der Waals surface area contributed by atoms with Gasteiger partial charge in [-0.15, -0.1) is 0 Å². The smallest absolute Gasteiger partial charge is 0.255 e. The van der Waals surface area contributed by atoms with Gasteiger partial charge in [-0.2, -0.15) is 0 Å². The second-order valence-electron chi connectivity index (χ2n) is 8.43. The van der Waals surface area contributed by atoms with Gasteiger partial charge in [0.25, 0.3) is 5.91 Å². The summed E-state index contributed by atoms with van der Waals surface area (Å²) in [5.74, 6) is 0.872. The zero-order chi connectivity index (χ0) is 23.4. The van der Waals surface area contributed by atoms with Crippen LogP contribution in [0.15, 0.2) is 35.6 Å². The Labute approximate surface area is 193 Å². The molecular weight excluding hydrogens is 422 g/mol. The van der Waals surface area contributed by atoms with Gasteiger partial charge < -0.3 is 19.3 Å². The molecule has 2 aromatic rings. The number of likely N-dealkylation sites (tertiary alicyclic amines) is 1. The molecule has 176 valence electrons. The molecule has 1 amide bonds. The molecule has 0 saturated carbocycles. The Morgan fingerprint density at radius 3 is 2.73 bits per heavy atom. The molecule has 0 aromatic carbocycles. The van der Waals surface area contributed by atoms with Crippen LogP contribution in [-0.4, -0.2) is 73.3 Å². The average Bonchev–Trinajstić information content (AvgIpc) is 2.87. The summed E-state index contributed by atoms with van der Waals surface area (Å²) < 4.78 is 12.5. The number of hydrogen-bond acceptors (Lipinski definition) is 7. The summed E-state index contributed by atoms with van der Waals surface area (Å²) in [6.07, 6.45) is 6.61. The van der Waals surface area contributed by atoms with E-state index in [1.807, 2.05) is 28.9 Å². The zero-order valence-corrected chi connectivity index (χ0v) is 19.5. The van der Waals surface area contributed by atoms with Crippen molar-refractivity contribution in [1.82, 2.24) is 14.5 Å². The summed E-state index contributed by atoms with van der Waals surface area (Å²) in [4.78, 5) is 38.5. The molecule has 0 N–H and O–H groups in total. The van der Waals surface area contributed by atoms with E-state index < -0.39 is 0 Å². The Morgan fingerprint density at radius 2 is 2.00 bits per heavy atom. The van der Waals surface area contributed by atoms with Crippen LogP contribution in [0.2, 0.25) is 0 Å². The van der Waals surface area contributed by atoms with E-state index in [0.717, 1.165) is 31.6 Å². The maximum atomic E-state index is 12.9. The lowest BCUT2D eigenvalue weighted by Crippen LogP contribution is -2.36. The van der Waals surface area contributed by atoms with Crippen molar-refractivity contribution < 1.29 is 19.1 Å². The SMILES string of the molecule is C/N=c1/cc(N2CCOc3cc(C(=O)N4CCCCC4)cnc32)ccn1C(=O)C(C)COC. The minimum Gasteiger partial charge on any atom is -0.488 e. The second-order valence-corrected chi connectivity index (χ2v) is 8.43. The molecule has 2 aromatic heterocycles. The van der Waals surface area contributed by atoms with E-state index >= 15 is 0 Å². The first-order valence-electron chi connectivity index (χ1n) is 11.4. The van der Waals surface area contributed by atoms with Crippen molar-refractivity contribution >= 4 is 23.3 Å². The Hall–Kier alpha value is -3.20. The summed E-state index contributed by atoms with van der Waals surface area (Å²) in [5.41, 5.74) is 1.95. The van der Waals surface area contributed by atoms with E-state index in [2.05, 4.69) is 9.98 Å². The molecule has 33 heavy (non-hydrogen) atoms. The van der Waals surface area contributed by atoms with Crippen LogP contribution < -0.4 is 15.1 Å². The van der Waals surface area contributed by atoms with Gasteiger partial charge in [-0.05, 0) is 31.4 Å². The third-order valence-corrected chi connectivity index (χ3v) is 6.09. The summed E-state index contributed by atoms with van der Waals surface area (Å²) in [6.45, 7) is 4.82. The first-order valence-corrected chi connectivity index (χ1v) is 11.4. The van der Waals surface area contributed by atoms with Crippen LogP contribution >= 0.6 is 0 Å². The normalized spacial score (nSPS) is 17.4. The molecule has 0 aliphatic carbocycles. The number of ether oxygens (including phenoxy) is 2. The summed E-state index contributed by atoms with van der Waals surface area (Å²) in [6, 6.07) is 5.52. The first kappa shape index (κ1) is 23.0. The molecule has 4 heterocycles. The van der Waals surface area contributed by atoms with Crippen LogP contribution in [0.4, 0.5) is 11.5 Å². The zero-order valence-electron chi connectivity index (χ0n) is 19.5. The number of carbonyl (C=O) groups is 2. The molecule has 9 nitrogen and oxygen atoms in total.